The molecule has 0 aromatic carbocycles. The van der Waals surface area contributed by atoms with Gasteiger partial charge in [-0.05, 0) is 11.6 Å². The molecule has 1 aliphatic heterocycles. The van der Waals surface area contributed by atoms with E-state index in [0.29, 0.717) is 18.4 Å². The van der Waals surface area contributed by atoms with Crippen molar-refractivity contribution in [2.75, 3.05) is 0 Å². The van der Waals surface area contributed by atoms with Gasteiger partial charge in [-0.3, -0.25) is 0 Å². The van der Waals surface area contributed by atoms with Crippen molar-refractivity contribution >= 4 is 11.6 Å². The summed E-state index contributed by atoms with van der Waals surface area (Å²) in [6.07, 6.45) is 1.70. The number of rotatable bonds is 0. The Balaban J connectivity index is 2.59. The van der Waals surface area contributed by atoms with Gasteiger partial charge < -0.3 is 4.74 Å². The lowest BCUT2D eigenvalue weighted by molar-refractivity contribution is 0.134. The van der Waals surface area contributed by atoms with E-state index in [1.54, 1.807) is 6.20 Å². The summed E-state index contributed by atoms with van der Waals surface area (Å²) < 4.78 is 5.17. The Morgan fingerprint density at radius 2 is 2.40 bits per heavy atom. The van der Waals surface area contributed by atoms with Crippen LogP contribution in [0, 0.1) is 0 Å². The van der Waals surface area contributed by atoms with Crippen molar-refractivity contribution in [3.63, 3.8) is 0 Å². The van der Waals surface area contributed by atoms with Gasteiger partial charge in [-0.1, -0.05) is 11.6 Å². The first-order chi connectivity index (χ1) is 4.88. The number of nitrogens with zero attached hydrogens (tertiary/aromatic N) is 1. The summed E-state index contributed by atoms with van der Waals surface area (Å²) in [7, 11) is 0. The van der Waals surface area contributed by atoms with Crippen molar-refractivity contribution in [2.45, 2.75) is 13.2 Å². The lowest BCUT2D eigenvalue weighted by atomic mass is 10.2. The van der Waals surface area contributed by atoms with Gasteiger partial charge in [0, 0.05) is 11.8 Å². The summed E-state index contributed by atoms with van der Waals surface area (Å²) in [6, 6.07) is 1.94. The van der Waals surface area contributed by atoms with Crippen LogP contribution in [0.25, 0.3) is 0 Å². The molecule has 0 amide bonds. The van der Waals surface area contributed by atoms with Gasteiger partial charge in [0.2, 0.25) is 0 Å². The average molecular weight is 156 g/mol. The Labute approximate surface area is 63.8 Å². The standard InChI is InChI=1S/C7H6ClNO/c8-7-6-4-10-3-5(6)1-2-9-7/h1-2H,3-4H2. The highest BCUT2D eigenvalue weighted by Crippen LogP contribution is 2.24. The van der Waals surface area contributed by atoms with Crippen molar-refractivity contribution < 1.29 is 4.74 Å². The maximum Gasteiger partial charge on any atom is 0.134 e. The van der Waals surface area contributed by atoms with Crippen LogP contribution in [-0.2, 0) is 18.0 Å². The number of halogens is 1. The van der Waals surface area contributed by atoms with E-state index in [2.05, 4.69) is 4.98 Å². The van der Waals surface area contributed by atoms with Crippen LogP contribution >= 0.6 is 11.6 Å². The Morgan fingerprint density at radius 1 is 1.50 bits per heavy atom. The largest absolute Gasteiger partial charge is 0.372 e. The molecule has 0 N–H and O–H groups in total. The molecule has 3 heteroatoms. The molecule has 0 saturated carbocycles. The lowest BCUT2D eigenvalue weighted by Gasteiger charge is -1.95. The van der Waals surface area contributed by atoms with Crippen LogP contribution in [0.5, 0.6) is 0 Å². The normalized spacial score (nSPS) is 15.3. The Morgan fingerprint density at radius 3 is 3.20 bits per heavy atom. The third-order valence-corrected chi connectivity index (χ3v) is 1.93. The summed E-state index contributed by atoms with van der Waals surface area (Å²) in [5, 5.41) is 0.579. The minimum absolute atomic E-state index is 0.579. The van der Waals surface area contributed by atoms with Crippen LogP contribution in [0.4, 0.5) is 0 Å². The van der Waals surface area contributed by atoms with E-state index < -0.39 is 0 Å². The molecular weight excluding hydrogens is 150 g/mol. The molecule has 0 bridgehead atoms. The zero-order valence-electron chi connectivity index (χ0n) is 5.30. The van der Waals surface area contributed by atoms with Crippen molar-refractivity contribution in [1.82, 2.24) is 4.98 Å². The fraction of sp³-hybridized carbons (Fsp3) is 0.286. The Hall–Kier alpha value is -0.600. The maximum absolute atomic E-state index is 5.78. The molecule has 0 atom stereocenters. The van der Waals surface area contributed by atoms with Crippen LogP contribution in [0.15, 0.2) is 12.3 Å². The van der Waals surface area contributed by atoms with E-state index in [-0.39, 0.29) is 0 Å². The lowest BCUT2D eigenvalue weighted by Crippen LogP contribution is -1.85. The van der Waals surface area contributed by atoms with Gasteiger partial charge in [-0.25, -0.2) is 4.98 Å². The van der Waals surface area contributed by atoms with Crippen molar-refractivity contribution in [2.24, 2.45) is 0 Å². The molecule has 2 rings (SSSR count). The number of ether oxygens (including phenoxy) is 1. The number of hydrogen-bond acceptors (Lipinski definition) is 2. The molecule has 0 saturated heterocycles. The fourth-order valence-corrected chi connectivity index (χ4v) is 1.29. The van der Waals surface area contributed by atoms with Crippen LogP contribution in [0.3, 0.4) is 0 Å². The SMILES string of the molecule is Clc1nccc2c1COC2. The Kier molecular flexibility index (Phi) is 1.36. The second kappa shape index (κ2) is 2.22. The number of fused-ring (bicyclic) bond motifs is 1. The minimum atomic E-state index is 0.579. The summed E-state index contributed by atoms with van der Waals surface area (Å²) >= 11 is 5.78. The first-order valence-electron chi connectivity index (χ1n) is 3.08. The summed E-state index contributed by atoms with van der Waals surface area (Å²) in [4.78, 5) is 3.94. The number of aromatic nitrogens is 1. The van der Waals surface area contributed by atoms with Gasteiger partial charge in [0.25, 0.3) is 0 Å². The molecule has 1 aliphatic rings. The van der Waals surface area contributed by atoms with Crippen molar-refractivity contribution in [3.8, 4) is 0 Å². The van der Waals surface area contributed by atoms with E-state index in [1.807, 2.05) is 6.07 Å². The van der Waals surface area contributed by atoms with Crippen LogP contribution in [-0.4, -0.2) is 4.98 Å². The molecule has 52 valence electrons. The molecule has 10 heavy (non-hydrogen) atoms. The minimum Gasteiger partial charge on any atom is -0.372 e. The van der Waals surface area contributed by atoms with Gasteiger partial charge in [0.15, 0.2) is 0 Å². The molecule has 0 unspecified atom stereocenters. The second-order valence-corrected chi connectivity index (χ2v) is 2.59. The molecule has 0 fully saturated rings. The van der Waals surface area contributed by atoms with Crippen molar-refractivity contribution in [3.05, 3.63) is 28.5 Å². The van der Waals surface area contributed by atoms with Gasteiger partial charge in [-0.2, -0.15) is 0 Å². The number of hydrogen-bond donors (Lipinski definition) is 0. The number of pyridine rings is 1. The smallest absolute Gasteiger partial charge is 0.134 e. The molecule has 0 spiro atoms. The summed E-state index contributed by atoms with van der Waals surface area (Å²) in [6.45, 7) is 1.29. The van der Waals surface area contributed by atoms with Crippen molar-refractivity contribution in [1.29, 1.82) is 0 Å². The van der Waals surface area contributed by atoms with Crippen LogP contribution < -0.4 is 0 Å². The molecule has 0 radical (unpaired) electrons. The van der Waals surface area contributed by atoms with E-state index in [4.69, 9.17) is 16.3 Å². The van der Waals surface area contributed by atoms with Gasteiger partial charge in [-0.15, -0.1) is 0 Å². The molecule has 2 nitrogen and oxygen atoms in total. The van der Waals surface area contributed by atoms with E-state index in [9.17, 15) is 0 Å². The predicted octanol–water partition coefficient (Wildman–Crippen LogP) is 1.77. The highest BCUT2D eigenvalue weighted by molar-refractivity contribution is 6.30. The molecule has 1 aromatic rings. The predicted molar refractivity (Wildman–Crippen MR) is 37.7 cm³/mol. The maximum atomic E-state index is 5.78. The van der Waals surface area contributed by atoms with Crippen LogP contribution in [0.1, 0.15) is 11.1 Å². The van der Waals surface area contributed by atoms with Gasteiger partial charge >= 0.3 is 0 Å². The Bertz CT molecular complexity index is 262. The van der Waals surface area contributed by atoms with E-state index in [1.165, 1.54) is 5.56 Å². The zero-order chi connectivity index (χ0) is 6.97. The van der Waals surface area contributed by atoms with Gasteiger partial charge in [0.1, 0.15) is 5.15 Å². The van der Waals surface area contributed by atoms with E-state index >= 15 is 0 Å². The first kappa shape index (κ1) is 6.13. The second-order valence-electron chi connectivity index (χ2n) is 2.23. The third-order valence-electron chi connectivity index (χ3n) is 1.60. The molecule has 0 aliphatic carbocycles. The third kappa shape index (κ3) is 0.805. The molecule has 1 aromatic heterocycles. The topological polar surface area (TPSA) is 22.1 Å². The highest BCUT2D eigenvalue weighted by atomic mass is 35.5. The summed E-state index contributed by atoms with van der Waals surface area (Å²) in [5.74, 6) is 0. The van der Waals surface area contributed by atoms with Crippen LogP contribution in [0.2, 0.25) is 5.15 Å². The first-order valence-corrected chi connectivity index (χ1v) is 3.46. The van der Waals surface area contributed by atoms with Gasteiger partial charge in [0.05, 0.1) is 13.2 Å². The average Bonchev–Trinajstić information content (AvgIpc) is 2.36. The molecular formula is C7H6ClNO. The zero-order valence-corrected chi connectivity index (χ0v) is 6.06. The van der Waals surface area contributed by atoms with E-state index in [0.717, 1.165) is 5.56 Å². The fourth-order valence-electron chi connectivity index (χ4n) is 1.05. The monoisotopic (exact) mass is 155 g/mol. The summed E-state index contributed by atoms with van der Waals surface area (Å²) in [5.41, 5.74) is 2.21. The molecule has 2 heterocycles. The highest BCUT2D eigenvalue weighted by Gasteiger charge is 2.13. The quantitative estimate of drug-likeness (QED) is 0.533.